The number of ether oxygens (including phenoxy) is 2. The molecule has 3 heterocycles. The van der Waals surface area contributed by atoms with Crippen LogP contribution >= 0.6 is 0 Å². The minimum absolute atomic E-state index is 0.00755. The maximum absolute atomic E-state index is 13.2. The summed E-state index contributed by atoms with van der Waals surface area (Å²) < 4.78 is 14.0. The van der Waals surface area contributed by atoms with E-state index in [9.17, 15) is 4.79 Å². The number of hydrogen-bond acceptors (Lipinski definition) is 6. The molecule has 0 bridgehead atoms. The number of nitrogens with zero attached hydrogens (tertiary/aromatic N) is 5. The summed E-state index contributed by atoms with van der Waals surface area (Å²) in [5, 5.41) is 8.93. The minimum Gasteiger partial charge on any atom is -0.382 e. The van der Waals surface area contributed by atoms with Gasteiger partial charge >= 0.3 is 0 Å². The van der Waals surface area contributed by atoms with Crippen LogP contribution < -0.4 is 4.90 Å². The van der Waals surface area contributed by atoms with Crippen molar-refractivity contribution in [3.05, 3.63) is 41.2 Å². The van der Waals surface area contributed by atoms with Gasteiger partial charge in [0, 0.05) is 39.4 Å². The normalized spacial score (nSPS) is 22.7. The van der Waals surface area contributed by atoms with E-state index in [1.807, 2.05) is 16.4 Å². The van der Waals surface area contributed by atoms with Crippen molar-refractivity contribution in [3.63, 3.8) is 0 Å². The SMILES string of the molecule is CCOCCCn1c(C(=O)N2CCCC2)nnc1N1CCOC2(CCc3ccccc32)C1. The van der Waals surface area contributed by atoms with Gasteiger partial charge in [0.15, 0.2) is 0 Å². The Balaban J connectivity index is 1.42. The number of morpholine rings is 1. The first kappa shape index (κ1) is 21.4. The molecule has 8 nitrogen and oxygen atoms in total. The predicted octanol–water partition coefficient (Wildman–Crippen LogP) is 2.62. The summed E-state index contributed by atoms with van der Waals surface area (Å²) in [6.45, 7) is 7.73. The van der Waals surface area contributed by atoms with Crippen molar-refractivity contribution in [2.75, 3.05) is 50.9 Å². The molecule has 2 saturated heterocycles. The monoisotopic (exact) mass is 439 g/mol. The van der Waals surface area contributed by atoms with E-state index in [4.69, 9.17) is 9.47 Å². The molecule has 2 aromatic rings. The summed E-state index contributed by atoms with van der Waals surface area (Å²) in [7, 11) is 0. The Labute approximate surface area is 189 Å². The number of carbonyl (C=O) groups excluding carboxylic acids is 1. The lowest BCUT2D eigenvalue weighted by atomic mass is 9.94. The van der Waals surface area contributed by atoms with Crippen LogP contribution in [-0.4, -0.2) is 71.6 Å². The van der Waals surface area contributed by atoms with E-state index < -0.39 is 0 Å². The van der Waals surface area contributed by atoms with Gasteiger partial charge in [-0.05, 0) is 50.2 Å². The topological polar surface area (TPSA) is 72.7 Å². The third kappa shape index (κ3) is 3.90. The van der Waals surface area contributed by atoms with E-state index in [2.05, 4.69) is 39.4 Å². The van der Waals surface area contributed by atoms with E-state index in [0.717, 1.165) is 64.2 Å². The number of aromatic nitrogens is 3. The molecule has 32 heavy (non-hydrogen) atoms. The van der Waals surface area contributed by atoms with Gasteiger partial charge < -0.3 is 19.3 Å². The van der Waals surface area contributed by atoms with Gasteiger partial charge in [0.2, 0.25) is 11.8 Å². The summed E-state index contributed by atoms with van der Waals surface area (Å²) in [5.41, 5.74) is 2.36. The second kappa shape index (κ2) is 9.19. The lowest BCUT2D eigenvalue weighted by molar-refractivity contribution is -0.0598. The molecule has 1 amide bonds. The first-order chi connectivity index (χ1) is 15.7. The molecule has 1 spiro atoms. The maximum Gasteiger partial charge on any atom is 0.291 e. The summed E-state index contributed by atoms with van der Waals surface area (Å²) >= 11 is 0. The Hall–Kier alpha value is -2.45. The average molecular weight is 440 g/mol. The fraction of sp³-hybridized carbons (Fsp3) is 0.625. The second-order valence-corrected chi connectivity index (χ2v) is 8.95. The number of anilines is 1. The van der Waals surface area contributed by atoms with Gasteiger partial charge in [-0.2, -0.15) is 0 Å². The van der Waals surface area contributed by atoms with Gasteiger partial charge in [0.05, 0.1) is 13.2 Å². The molecule has 1 aliphatic carbocycles. The number of rotatable bonds is 7. The smallest absolute Gasteiger partial charge is 0.291 e. The Morgan fingerprint density at radius 3 is 2.88 bits per heavy atom. The molecule has 0 radical (unpaired) electrons. The van der Waals surface area contributed by atoms with Gasteiger partial charge in [0.25, 0.3) is 5.91 Å². The number of hydrogen-bond donors (Lipinski definition) is 0. The van der Waals surface area contributed by atoms with Crippen LogP contribution in [0.25, 0.3) is 0 Å². The van der Waals surface area contributed by atoms with Crippen LogP contribution in [0.15, 0.2) is 24.3 Å². The molecule has 0 saturated carbocycles. The number of benzene rings is 1. The molecule has 1 aromatic heterocycles. The predicted molar refractivity (Wildman–Crippen MR) is 121 cm³/mol. The highest BCUT2D eigenvalue weighted by atomic mass is 16.5. The Kier molecular flexibility index (Phi) is 6.15. The van der Waals surface area contributed by atoms with Crippen molar-refractivity contribution in [2.24, 2.45) is 0 Å². The van der Waals surface area contributed by atoms with Gasteiger partial charge in [-0.25, -0.2) is 0 Å². The van der Waals surface area contributed by atoms with Crippen molar-refractivity contribution in [2.45, 2.75) is 51.2 Å². The van der Waals surface area contributed by atoms with Gasteiger partial charge in [-0.15, -0.1) is 10.2 Å². The third-order valence-electron chi connectivity index (χ3n) is 6.97. The number of amides is 1. The molecule has 0 N–H and O–H groups in total. The molecule has 5 rings (SSSR count). The molecule has 1 aromatic carbocycles. The Morgan fingerprint density at radius 2 is 2.03 bits per heavy atom. The molecule has 172 valence electrons. The van der Waals surface area contributed by atoms with Gasteiger partial charge in [-0.1, -0.05) is 24.3 Å². The molecule has 2 aliphatic heterocycles. The van der Waals surface area contributed by atoms with E-state index in [1.165, 1.54) is 11.1 Å². The van der Waals surface area contributed by atoms with Gasteiger partial charge in [-0.3, -0.25) is 9.36 Å². The summed E-state index contributed by atoms with van der Waals surface area (Å²) in [6.07, 6.45) is 4.94. The molecular formula is C24H33N5O3. The summed E-state index contributed by atoms with van der Waals surface area (Å²) in [5.74, 6) is 1.22. The average Bonchev–Trinajstić information content (AvgIpc) is 3.57. The molecular weight excluding hydrogens is 406 g/mol. The molecule has 3 aliphatic rings. The number of likely N-dealkylation sites (tertiary alicyclic amines) is 1. The fourth-order valence-electron chi connectivity index (χ4n) is 5.35. The first-order valence-electron chi connectivity index (χ1n) is 12.0. The van der Waals surface area contributed by atoms with Crippen molar-refractivity contribution in [1.82, 2.24) is 19.7 Å². The zero-order chi connectivity index (χ0) is 22.0. The Morgan fingerprint density at radius 1 is 1.19 bits per heavy atom. The quantitative estimate of drug-likeness (QED) is 0.618. The lowest BCUT2D eigenvalue weighted by Gasteiger charge is -2.41. The van der Waals surface area contributed by atoms with Crippen molar-refractivity contribution in [3.8, 4) is 0 Å². The van der Waals surface area contributed by atoms with Gasteiger partial charge in [0.1, 0.15) is 5.60 Å². The zero-order valence-corrected chi connectivity index (χ0v) is 19.0. The molecule has 2 fully saturated rings. The standard InChI is InChI=1S/C24H33N5O3/c1-2-31-16-7-14-29-21(22(30)27-12-5-6-13-27)25-26-23(29)28-15-17-32-24(18-28)11-10-19-8-3-4-9-20(19)24/h3-4,8-9H,2,5-7,10-18H2,1H3. The minimum atomic E-state index is -0.309. The number of aryl methyl sites for hydroxylation is 1. The van der Waals surface area contributed by atoms with Crippen LogP contribution in [0.3, 0.4) is 0 Å². The first-order valence-corrected chi connectivity index (χ1v) is 12.0. The third-order valence-corrected chi connectivity index (χ3v) is 6.97. The number of fused-ring (bicyclic) bond motifs is 2. The lowest BCUT2D eigenvalue weighted by Crippen LogP contribution is -2.50. The maximum atomic E-state index is 13.2. The van der Waals surface area contributed by atoms with E-state index in [0.29, 0.717) is 32.2 Å². The van der Waals surface area contributed by atoms with Crippen LogP contribution in [0.4, 0.5) is 5.95 Å². The van der Waals surface area contributed by atoms with Crippen LogP contribution in [0.2, 0.25) is 0 Å². The van der Waals surface area contributed by atoms with Crippen molar-refractivity contribution < 1.29 is 14.3 Å². The Bertz CT molecular complexity index is 951. The van der Waals surface area contributed by atoms with E-state index in [1.54, 1.807) is 0 Å². The summed E-state index contributed by atoms with van der Waals surface area (Å²) in [4.78, 5) is 17.4. The fourth-order valence-corrected chi connectivity index (χ4v) is 5.35. The van der Waals surface area contributed by atoms with Crippen molar-refractivity contribution >= 4 is 11.9 Å². The zero-order valence-electron chi connectivity index (χ0n) is 19.0. The highest BCUT2D eigenvalue weighted by molar-refractivity contribution is 5.91. The number of carbonyl (C=O) groups is 1. The molecule has 1 unspecified atom stereocenters. The largest absolute Gasteiger partial charge is 0.382 e. The summed E-state index contributed by atoms with van der Waals surface area (Å²) in [6, 6.07) is 8.59. The van der Waals surface area contributed by atoms with Crippen molar-refractivity contribution in [1.29, 1.82) is 0 Å². The second-order valence-electron chi connectivity index (χ2n) is 8.95. The molecule has 8 heteroatoms. The van der Waals surface area contributed by atoms with Crippen LogP contribution in [0.1, 0.15) is 54.4 Å². The highest BCUT2D eigenvalue weighted by Gasteiger charge is 2.44. The van der Waals surface area contributed by atoms with Crippen LogP contribution in [0.5, 0.6) is 0 Å². The van der Waals surface area contributed by atoms with Crippen LogP contribution in [-0.2, 0) is 28.0 Å². The van der Waals surface area contributed by atoms with E-state index >= 15 is 0 Å². The highest BCUT2D eigenvalue weighted by Crippen LogP contribution is 2.42. The van der Waals surface area contributed by atoms with Crippen LogP contribution in [0, 0.1) is 0 Å². The molecule has 1 atom stereocenters. The van der Waals surface area contributed by atoms with E-state index in [-0.39, 0.29) is 11.5 Å².